The molecule has 2 aromatic carbocycles. The molecule has 1 fully saturated rings. The normalized spacial score (nSPS) is 15.4. The molecule has 0 N–H and O–H groups in total. The zero-order chi connectivity index (χ0) is 21.1. The minimum absolute atomic E-state index is 0.0377. The quantitative estimate of drug-likeness (QED) is 0.583. The van der Waals surface area contributed by atoms with Gasteiger partial charge in [-0.3, -0.25) is 4.79 Å². The topological polar surface area (TPSA) is 79.8 Å². The lowest BCUT2D eigenvalue weighted by atomic mass is 10.2. The number of nitrogens with zero attached hydrogens (tertiary/aromatic N) is 3. The van der Waals surface area contributed by atoms with E-state index in [0.717, 1.165) is 15.2 Å². The van der Waals surface area contributed by atoms with Gasteiger partial charge in [0.2, 0.25) is 15.9 Å². The first kappa shape index (κ1) is 20.8. The Bertz CT molecular complexity index is 1100. The number of methoxy groups -OCH3 is 1. The van der Waals surface area contributed by atoms with E-state index in [1.807, 2.05) is 24.3 Å². The van der Waals surface area contributed by atoms with Gasteiger partial charge < -0.3 is 9.64 Å². The number of benzene rings is 2. The Balaban J connectivity index is 1.32. The summed E-state index contributed by atoms with van der Waals surface area (Å²) in [7, 11) is -2.04. The van der Waals surface area contributed by atoms with Crippen LogP contribution in [0.4, 0.5) is 0 Å². The average molecular weight is 446 g/mol. The van der Waals surface area contributed by atoms with Gasteiger partial charge in [0.1, 0.15) is 5.75 Å². The smallest absolute Gasteiger partial charge is 0.243 e. The molecule has 30 heavy (non-hydrogen) atoms. The number of para-hydroxylation sites is 1. The maximum Gasteiger partial charge on any atom is 0.243 e. The molecule has 2 heterocycles. The van der Waals surface area contributed by atoms with Crippen LogP contribution in [-0.4, -0.2) is 61.8 Å². The lowest BCUT2D eigenvalue weighted by Gasteiger charge is -2.34. The Labute approximate surface area is 179 Å². The predicted octanol–water partition coefficient (Wildman–Crippen LogP) is 2.77. The fourth-order valence-electron chi connectivity index (χ4n) is 3.47. The average Bonchev–Trinajstić information content (AvgIpc) is 3.20. The summed E-state index contributed by atoms with van der Waals surface area (Å²) in [6.45, 7) is 1.38. The number of rotatable bonds is 6. The van der Waals surface area contributed by atoms with Gasteiger partial charge in [0.15, 0.2) is 0 Å². The highest BCUT2D eigenvalue weighted by molar-refractivity contribution is 7.89. The van der Waals surface area contributed by atoms with Crippen LogP contribution in [0.3, 0.4) is 0 Å². The second-order valence-electron chi connectivity index (χ2n) is 7.04. The third kappa shape index (κ3) is 4.33. The maximum absolute atomic E-state index is 12.8. The number of hydrogen-bond acceptors (Lipinski definition) is 6. The molecule has 1 aliphatic heterocycles. The highest BCUT2D eigenvalue weighted by atomic mass is 32.2. The third-order valence-corrected chi connectivity index (χ3v) is 8.19. The Kier molecular flexibility index (Phi) is 6.03. The van der Waals surface area contributed by atoms with Crippen LogP contribution in [0, 0.1) is 0 Å². The summed E-state index contributed by atoms with van der Waals surface area (Å²) in [6, 6.07) is 14.3. The maximum atomic E-state index is 12.8. The van der Waals surface area contributed by atoms with Gasteiger partial charge in [-0.25, -0.2) is 13.4 Å². The van der Waals surface area contributed by atoms with Gasteiger partial charge in [0.05, 0.1) is 27.2 Å². The Hall–Kier alpha value is -2.49. The first-order valence-corrected chi connectivity index (χ1v) is 12.0. The van der Waals surface area contributed by atoms with Crippen LogP contribution in [0.15, 0.2) is 53.4 Å². The predicted molar refractivity (Wildman–Crippen MR) is 116 cm³/mol. The largest absolute Gasteiger partial charge is 0.497 e. The number of amides is 1. The van der Waals surface area contributed by atoms with Crippen LogP contribution in [0.1, 0.15) is 11.4 Å². The lowest BCUT2D eigenvalue weighted by molar-refractivity contribution is -0.132. The number of sulfonamides is 1. The van der Waals surface area contributed by atoms with Crippen molar-refractivity contribution in [2.24, 2.45) is 0 Å². The number of hydrogen-bond donors (Lipinski definition) is 0. The molecule has 4 rings (SSSR count). The lowest BCUT2D eigenvalue weighted by Crippen LogP contribution is -2.50. The van der Waals surface area contributed by atoms with Gasteiger partial charge in [-0.1, -0.05) is 12.1 Å². The number of aryl methyl sites for hydroxylation is 1. The molecule has 0 atom stereocenters. The van der Waals surface area contributed by atoms with Gasteiger partial charge >= 0.3 is 0 Å². The van der Waals surface area contributed by atoms with E-state index in [2.05, 4.69) is 4.98 Å². The van der Waals surface area contributed by atoms with Gasteiger partial charge in [-0.15, -0.1) is 11.3 Å². The molecule has 1 amide bonds. The molecule has 0 aliphatic carbocycles. The zero-order valence-electron chi connectivity index (χ0n) is 16.7. The van der Waals surface area contributed by atoms with Crippen LogP contribution >= 0.6 is 11.3 Å². The molecule has 9 heteroatoms. The molecule has 0 saturated carbocycles. The molecule has 0 unspecified atom stereocenters. The van der Waals surface area contributed by atoms with Gasteiger partial charge in [0.25, 0.3) is 0 Å². The molecule has 1 aromatic heterocycles. The molecule has 3 aromatic rings. The van der Waals surface area contributed by atoms with Gasteiger partial charge in [-0.05, 0) is 36.4 Å². The number of piperazine rings is 1. The van der Waals surface area contributed by atoms with Crippen LogP contribution in [-0.2, 0) is 21.2 Å². The van der Waals surface area contributed by atoms with E-state index in [9.17, 15) is 13.2 Å². The Morgan fingerprint density at radius 3 is 2.43 bits per heavy atom. The number of thiazole rings is 1. The Morgan fingerprint density at radius 2 is 1.77 bits per heavy atom. The number of fused-ring (bicyclic) bond motifs is 1. The first-order chi connectivity index (χ1) is 14.5. The fraction of sp³-hybridized carbons (Fsp3) is 0.333. The van der Waals surface area contributed by atoms with E-state index in [1.165, 1.54) is 11.4 Å². The number of aromatic nitrogens is 1. The van der Waals surface area contributed by atoms with E-state index in [4.69, 9.17) is 4.74 Å². The monoisotopic (exact) mass is 445 g/mol. The van der Waals surface area contributed by atoms with E-state index in [0.29, 0.717) is 44.8 Å². The van der Waals surface area contributed by atoms with Crippen LogP contribution in [0.5, 0.6) is 5.75 Å². The van der Waals surface area contributed by atoms with Crippen molar-refractivity contribution in [2.45, 2.75) is 17.7 Å². The molecular formula is C21H23N3O4S2. The van der Waals surface area contributed by atoms with Gasteiger partial charge in [-0.2, -0.15) is 4.31 Å². The van der Waals surface area contributed by atoms with Crippen molar-refractivity contribution in [3.8, 4) is 5.75 Å². The minimum Gasteiger partial charge on any atom is -0.497 e. The van der Waals surface area contributed by atoms with Crippen molar-refractivity contribution in [3.05, 3.63) is 53.5 Å². The van der Waals surface area contributed by atoms with E-state index in [-0.39, 0.29) is 10.8 Å². The highest BCUT2D eigenvalue weighted by Gasteiger charge is 2.30. The zero-order valence-corrected chi connectivity index (χ0v) is 18.3. The summed E-state index contributed by atoms with van der Waals surface area (Å²) in [4.78, 5) is 19.2. The molecule has 7 nitrogen and oxygen atoms in total. The minimum atomic E-state index is -3.57. The molecule has 1 saturated heterocycles. The van der Waals surface area contributed by atoms with Crippen molar-refractivity contribution < 1.29 is 17.9 Å². The summed E-state index contributed by atoms with van der Waals surface area (Å²) < 4.78 is 33.3. The van der Waals surface area contributed by atoms with Crippen molar-refractivity contribution >= 4 is 37.5 Å². The SMILES string of the molecule is COc1ccc(S(=O)(=O)N2CCN(C(=O)CCc3nc4ccccc4s3)CC2)cc1. The summed E-state index contributed by atoms with van der Waals surface area (Å²) >= 11 is 1.61. The summed E-state index contributed by atoms with van der Waals surface area (Å²) in [5.41, 5.74) is 0.960. The van der Waals surface area contributed by atoms with Crippen molar-refractivity contribution in [3.63, 3.8) is 0 Å². The Morgan fingerprint density at radius 1 is 1.07 bits per heavy atom. The van der Waals surface area contributed by atoms with Crippen molar-refractivity contribution in [1.29, 1.82) is 0 Å². The number of carbonyl (C=O) groups excluding carboxylic acids is 1. The van der Waals surface area contributed by atoms with E-state index >= 15 is 0 Å². The van der Waals surface area contributed by atoms with Crippen LogP contribution in [0.2, 0.25) is 0 Å². The third-order valence-electron chi connectivity index (χ3n) is 5.18. The van der Waals surface area contributed by atoms with Crippen molar-refractivity contribution in [1.82, 2.24) is 14.2 Å². The van der Waals surface area contributed by atoms with E-state index < -0.39 is 10.0 Å². The molecule has 0 spiro atoms. The standard InChI is InChI=1S/C21H23N3O4S2/c1-28-16-6-8-17(9-7-16)30(26,27)24-14-12-23(13-15-24)21(25)11-10-20-22-18-4-2-3-5-19(18)29-20/h2-9H,10-15H2,1H3. The summed E-state index contributed by atoms with van der Waals surface area (Å²) in [6.07, 6.45) is 0.980. The fourth-order valence-corrected chi connectivity index (χ4v) is 5.86. The second-order valence-corrected chi connectivity index (χ2v) is 10.1. The summed E-state index contributed by atoms with van der Waals surface area (Å²) in [5.74, 6) is 0.647. The summed E-state index contributed by atoms with van der Waals surface area (Å²) in [5, 5.41) is 0.949. The highest BCUT2D eigenvalue weighted by Crippen LogP contribution is 2.23. The van der Waals surface area contributed by atoms with Gasteiger partial charge in [0, 0.05) is 39.0 Å². The van der Waals surface area contributed by atoms with Crippen LogP contribution in [0.25, 0.3) is 10.2 Å². The van der Waals surface area contributed by atoms with Crippen molar-refractivity contribution in [2.75, 3.05) is 33.3 Å². The van der Waals surface area contributed by atoms with Crippen LogP contribution < -0.4 is 4.74 Å². The molecular weight excluding hydrogens is 422 g/mol. The molecule has 0 bridgehead atoms. The molecule has 1 aliphatic rings. The molecule has 158 valence electrons. The first-order valence-electron chi connectivity index (χ1n) is 9.74. The van der Waals surface area contributed by atoms with E-state index in [1.54, 1.807) is 40.5 Å². The molecule has 0 radical (unpaired) electrons. The number of ether oxygens (including phenoxy) is 1. The second kappa shape index (κ2) is 8.71. The number of carbonyl (C=O) groups is 1.